The molecule has 3 aliphatic heterocycles. The minimum absolute atomic E-state index is 0.0531. The van der Waals surface area contributed by atoms with Crippen LogP contribution in [-0.4, -0.2) is 54.3 Å². The van der Waals surface area contributed by atoms with Crippen LogP contribution < -0.4 is 10.6 Å². The molecule has 0 radical (unpaired) electrons. The number of aromatic nitrogens is 1. The van der Waals surface area contributed by atoms with Crippen LogP contribution >= 0.6 is 0 Å². The molecule has 2 saturated heterocycles. The quantitative estimate of drug-likeness (QED) is 0.856. The number of carbonyl (C=O) groups excluding carboxylic acids is 1. The monoisotopic (exact) mass is 380 g/mol. The highest BCUT2D eigenvalue weighted by molar-refractivity contribution is 5.78. The van der Waals surface area contributed by atoms with Crippen LogP contribution in [0.2, 0.25) is 0 Å². The van der Waals surface area contributed by atoms with Crippen molar-refractivity contribution in [3.05, 3.63) is 48.3 Å². The number of anilines is 1. The van der Waals surface area contributed by atoms with Crippen molar-refractivity contribution in [2.24, 2.45) is 0 Å². The van der Waals surface area contributed by atoms with Gasteiger partial charge >= 0.3 is 0 Å². The van der Waals surface area contributed by atoms with Gasteiger partial charge in [0.2, 0.25) is 5.91 Å². The summed E-state index contributed by atoms with van der Waals surface area (Å²) < 4.78 is 7.90. The number of ether oxygens (including phenoxy) is 1. The molecule has 2 fully saturated rings. The molecule has 1 unspecified atom stereocenters. The van der Waals surface area contributed by atoms with E-state index in [1.165, 1.54) is 17.1 Å². The fourth-order valence-corrected chi connectivity index (χ4v) is 4.86. The summed E-state index contributed by atoms with van der Waals surface area (Å²) in [6, 6.07) is 12.8. The van der Waals surface area contributed by atoms with Gasteiger partial charge in [-0.15, -0.1) is 0 Å². The van der Waals surface area contributed by atoms with Crippen LogP contribution in [0.25, 0.3) is 5.69 Å². The van der Waals surface area contributed by atoms with Crippen molar-refractivity contribution in [1.29, 1.82) is 0 Å². The Kier molecular flexibility index (Phi) is 4.61. The van der Waals surface area contributed by atoms with E-state index in [2.05, 4.69) is 62.7 Å². The predicted octanol–water partition coefficient (Wildman–Crippen LogP) is 2.49. The summed E-state index contributed by atoms with van der Waals surface area (Å²) in [5.41, 5.74) is 3.68. The number of amides is 1. The number of nitrogens with zero attached hydrogens (tertiary/aromatic N) is 2. The zero-order valence-corrected chi connectivity index (χ0v) is 16.2. The van der Waals surface area contributed by atoms with Gasteiger partial charge in [0.15, 0.2) is 0 Å². The third-order valence-electron chi connectivity index (χ3n) is 6.40. The first-order valence-electron chi connectivity index (χ1n) is 10.4. The number of likely N-dealkylation sites (tertiary alicyclic amines) is 1. The van der Waals surface area contributed by atoms with Crippen molar-refractivity contribution in [2.75, 3.05) is 38.1 Å². The normalized spacial score (nSPS) is 23.1. The number of benzene rings is 1. The number of para-hydroxylation sites is 2. The molecule has 28 heavy (non-hydrogen) atoms. The van der Waals surface area contributed by atoms with Crippen molar-refractivity contribution in [3.63, 3.8) is 0 Å². The summed E-state index contributed by atoms with van der Waals surface area (Å²) in [6.45, 7) is 3.76. The Hall–Kier alpha value is -2.31. The summed E-state index contributed by atoms with van der Waals surface area (Å²) in [4.78, 5) is 14.6. The lowest BCUT2D eigenvalue weighted by atomic mass is 9.82. The third kappa shape index (κ3) is 3.20. The second-order valence-corrected chi connectivity index (χ2v) is 8.20. The average Bonchev–Trinajstić information content (AvgIpc) is 3.41. The van der Waals surface area contributed by atoms with Gasteiger partial charge in [-0.05, 0) is 49.9 Å². The van der Waals surface area contributed by atoms with Gasteiger partial charge in [-0.3, -0.25) is 9.69 Å². The van der Waals surface area contributed by atoms with Crippen LogP contribution in [0.5, 0.6) is 0 Å². The lowest BCUT2D eigenvalue weighted by Crippen LogP contribution is -2.51. The number of nitrogens with one attached hydrogen (secondary N) is 2. The number of hydrogen-bond acceptors (Lipinski definition) is 4. The van der Waals surface area contributed by atoms with E-state index in [4.69, 9.17) is 4.74 Å². The molecule has 2 N–H and O–H groups in total. The zero-order valence-electron chi connectivity index (χ0n) is 16.2. The Labute approximate surface area is 165 Å². The zero-order chi connectivity index (χ0) is 19.0. The number of piperidine rings is 1. The Balaban J connectivity index is 1.22. The fourth-order valence-electron chi connectivity index (χ4n) is 4.86. The summed E-state index contributed by atoms with van der Waals surface area (Å²) in [6.07, 6.45) is 6.50. The number of fused-ring (bicyclic) bond motifs is 4. The Bertz CT molecular complexity index is 848. The van der Waals surface area contributed by atoms with Gasteiger partial charge in [-0.25, -0.2) is 0 Å². The van der Waals surface area contributed by atoms with Crippen LogP contribution in [0, 0.1) is 0 Å². The largest absolute Gasteiger partial charge is 0.376 e. The van der Waals surface area contributed by atoms with Gasteiger partial charge in [-0.1, -0.05) is 12.1 Å². The number of rotatable bonds is 4. The summed E-state index contributed by atoms with van der Waals surface area (Å²) >= 11 is 0. The molecule has 1 aromatic carbocycles. The van der Waals surface area contributed by atoms with Gasteiger partial charge < -0.3 is 19.9 Å². The number of hydrogen-bond donors (Lipinski definition) is 2. The lowest BCUT2D eigenvalue weighted by Gasteiger charge is -2.46. The average molecular weight is 380 g/mol. The van der Waals surface area contributed by atoms with Gasteiger partial charge in [0.25, 0.3) is 0 Å². The topological polar surface area (TPSA) is 58.5 Å². The molecule has 1 aromatic heterocycles. The summed E-state index contributed by atoms with van der Waals surface area (Å²) in [5, 5.41) is 6.87. The van der Waals surface area contributed by atoms with Gasteiger partial charge in [0.1, 0.15) is 0 Å². The van der Waals surface area contributed by atoms with Gasteiger partial charge in [-0.2, -0.15) is 0 Å². The maximum atomic E-state index is 12.3. The Morgan fingerprint density at radius 1 is 1.21 bits per heavy atom. The van der Waals surface area contributed by atoms with Crippen LogP contribution in [0.15, 0.2) is 42.6 Å². The Morgan fingerprint density at radius 3 is 2.89 bits per heavy atom. The molecular weight excluding hydrogens is 352 g/mol. The second-order valence-electron chi connectivity index (χ2n) is 8.20. The minimum atomic E-state index is -0.0531. The molecule has 2 aromatic rings. The predicted molar refractivity (Wildman–Crippen MR) is 109 cm³/mol. The minimum Gasteiger partial charge on any atom is -0.376 e. The van der Waals surface area contributed by atoms with Crippen molar-refractivity contribution in [2.45, 2.75) is 37.3 Å². The van der Waals surface area contributed by atoms with Crippen LogP contribution in [0.4, 0.5) is 5.69 Å². The van der Waals surface area contributed by atoms with Crippen molar-refractivity contribution in [1.82, 2.24) is 14.8 Å². The molecule has 6 nitrogen and oxygen atoms in total. The Morgan fingerprint density at radius 2 is 2.07 bits per heavy atom. The standard InChI is InChI=1S/C22H28N4O2/c27-21(23-15-17-5-4-14-28-17)16-25-12-9-22(10-13-25)20-8-3-11-26(20)19-7-2-1-6-18(19)24-22/h1-3,6-8,11,17,24H,4-5,9-10,12-16H2,(H,23,27). The smallest absolute Gasteiger partial charge is 0.234 e. The van der Waals surface area contributed by atoms with Crippen LogP contribution in [-0.2, 0) is 15.1 Å². The van der Waals surface area contributed by atoms with E-state index in [0.29, 0.717) is 13.1 Å². The maximum Gasteiger partial charge on any atom is 0.234 e. The molecule has 1 spiro atoms. The highest BCUT2D eigenvalue weighted by Gasteiger charge is 2.41. The first-order chi connectivity index (χ1) is 13.7. The third-order valence-corrected chi connectivity index (χ3v) is 6.40. The molecule has 6 heteroatoms. The molecule has 1 amide bonds. The molecule has 5 rings (SSSR count). The highest BCUT2D eigenvalue weighted by Crippen LogP contribution is 2.43. The summed E-state index contributed by atoms with van der Waals surface area (Å²) in [5.74, 6) is 0.108. The van der Waals surface area contributed by atoms with Crippen molar-refractivity contribution < 1.29 is 9.53 Å². The number of carbonyl (C=O) groups is 1. The lowest BCUT2D eigenvalue weighted by molar-refractivity contribution is -0.123. The van der Waals surface area contributed by atoms with Gasteiger partial charge in [0, 0.05) is 38.1 Å². The van der Waals surface area contributed by atoms with E-state index in [-0.39, 0.29) is 17.6 Å². The summed E-state index contributed by atoms with van der Waals surface area (Å²) in [7, 11) is 0. The van der Waals surface area contributed by atoms with E-state index in [1.54, 1.807) is 0 Å². The molecule has 0 aliphatic carbocycles. The second kappa shape index (κ2) is 7.26. The first kappa shape index (κ1) is 17.8. The first-order valence-corrected chi connectivity index (χ1v) is 10.4. The maximum absolute atomic E-state index is 12.3. The van der Waals surface area contributed by atoms with E-state index in [1.807, 2.05) is 0 Å². The van der Waals surface area contributed by atoms with Crippen LogP contribution in [0.1, 0.15) is 31.4 Å². The van der Waals surface area contributed by atoms with E-state index >= 15 is 0 Å². The molecular formula is C22H28N4O2. The fraction of sp³-hybridized carbons (Fsp3) is 0.500. The molecule has 148 valence electrons. The SMILES string of the molecule is O=C(CN1CCC2(CC1)Nc1ccccc1-n1cccc12)NCC1CCCO1. The molecule has 3 aliphatic rings. The molecule has 4 heterocycles. The highest BCUT2D eigenvalue weighted by atomic mass is 16.5. The van der Waals surface area contributed by atoms with E-state index in [9.17, 15) is 4.79 Å². The molecule has 0 saturated carbocycles. The van der Waals surface area contributed by atoms with Crippen LogP contribution in [0.3, 0.4) is 0 Å². The van der Waals surface area contributed by atoms with Gasteiger partial charge in [0.05, 0.1) is 29.6 Å². The van der Waals surface area contributed by atoms with E-state index < -0.39 is 0 Å². The van der Waals surface area contributed by atoms with Crippen molar-refractivity contribution >= 4 is 11.6 Å². The van der Waals surface area contributed by atoms with E-state index in [0.717, 1.165) is 45.4 Å². The molecule has 0 bridgehead atoms. The molecule has 1 atom stereocenters. The van der Waals surface area contributed by atoms with Crippen molar-refractivity contribution in [3.8, 4) is 5.69 Å².